The van der Waals surface area contributed by atoms with Gasteiger partial charge in [-0.1, -0.05) is 23.7 Å². The average molecular weight is 359 g/mol. The third kappa shape index (κ3) is 3.00. The first-order valence-electron chi connectivity index (χ1n) is 7.36. The van der Waals surface area contributed by atoms with Gasteiger partial charge in [-0.25, -0.2) is 12.8 Å². The molecule has 2 heterocycles. The molecule has 0 amide bonds. The zero-order chi connectivity index (χ0) is 16.6. The summed E-state index contributed by atoms with van der Waals surface area (Å²) in [5.74, 6) is -0.109. The van der Waals surface area contributed by atoms with E-state index in [1.54, 1.807) is 6.07 Å². The Bertz CT molecular complexity index is 822. The molecule has 0 unspecified atom stereocenters. The van der Waals surface area contributed by atoms with E-state index in [-0.39, 0.29) is 9.92 Å². The first kappa shape index (κ1) is 16.4. The number of halogens is 2. The number of hydrogen-bond acceptors (Lipinski definition) is 4. The number of benzene rings is 1. The van der Waals surface area contributed by atoms with Gasteiger partial charge in [0.15, 0.2) is 5.76 Å². The molecule has 1 saturated heterocycles. The highest BCUT2D eigenvalue weighted by Gasteiger charge is 2.38. The summed E-state index contributed by atoms with van der Waals surface area (Å²) in [6, 6.07) is 4.82. The van der Waals surface area contributed by atoms with Gasteiger partial charge in [0.05, 0.1) is 21.7 Å². The van der Waals surface area contributed by atoms with Gasteiger partial charge in [0.25, 0.3) is 0 Å². The lowest BCUT2D eigenvalue weighted by atomic mass is 10.1. The molecule has 23 heavy (non-hydrogen) atoms. The first-order chi connectivity index (χ1) is 10.9. The summed E-state index contributed by atoms with van der Waals surface area (Å²) in [6.07, 6.45) is 2.10. The molecule has 8 heteroatoms. The summed E-state index contributed by atoms with van der Waals surface area (Å²) in [4.78, 5) is -0.0222. The van der Waals surface area contributed by atoms with Crippen LogP contribution in [0.2, 0.25) is 5.02 Å². The van der Waals surface area contributed by atoms with Gasteiger partial charge < -0.3 is 4.52 Å². The molecule has 0 radical (unpaired) electrons. The molecule has 1 aliphatic heterocycles. The quantitative estimate of drug-likeness (QED) is 0.838. The molecule has 1 fully saturated rings. The highest BCUT2D eigenvalue weighted by Crippen LogP contribution is 2.37. The van der Waals surface area contributed by atoms with Crippen LogP contribution in [0.5, 0.6) is 0 Å². The second-order valence-corrected chi connectivity index (χ2v) is 7.72. The van der Waals surface area contributed by atoms with Crippen LogP contribution >= 0.6 is 11.6 Å². The summed E-state index contributed by atoms with van der Waals surface area (Å²) in [7, 11) is -3.78. The fourth-order valence-corrected chi connectivity index (χ4v) is 4.67. The zero-order valence-electron chi connectivity index (χ0n) is 12.5. The fraction of sp³-hybridized carbons (Fsp3) is 0.400. The van der Waals surface area contributed by atoms with Crippen molar-refractivity contribution in [3.05, 3.63) is 46.6 Å². The van der Waals surface area contributed by atoms with Gasteiger partial charge in [0.1, 0.15) is 5.82 Å². The van der Waals surface area contributed by atoms with Gasteiger partial charge in [-0.3, -0.25) is 0 Å². The van der Waals surface area contributed by atoms with Gasteiger partial charge in [-0.05, 0) is 37.5 Å². The van der Waals surface area contributed by atoms with E-state index in [0.717, 1.165) is 30.7 Å². The molecule has 0 aliphatic carbocycles. The van der Waals surface area contributed by atoms with Crippen LogP contribution in [0.4, 0.5) is 4.39 Å². The normalized spacial score (nSPS) is 19.3. The first-order valence-corrected chi connectivity index (χ1v) is 9.17. The monoisotopic (exact) mass is 358 g/mol. The van der Waals surface area contributed by atoms with Crippen LogP contribution in [0.25, 0.3) is 0 Å². The summed E-state index contributed by atoms with van der Waals surface area (Å²) in [5.41, 5.74) is 0.786. The Kier molecular flexibility index (Phi) is 4.44. The van der Waals surface area contributed by atoms with E-state index < -0.39 is 21.9 Å². The summed E-state index contributed by atoms with van der Waals surface area (Å²) in [6.45, 7) is 2.33. The van der Waals surface area contributed by atoms with Crippen molar-refractivity contribution in [2.24, 2.45) is 0 Å². The minimum atomic E-state index is -3.78. The third-order valence-corrected chi connectivity index (χ3v) is 6.16. The lowest BCUT2D eigenvalue weighted by Crippen LogP contribution is -2.30. The van der Waals surface area contributed by atoms with E-state index in [9.17, 15) is 12.8 Å². The fourth-order valence-electron chi connectivity index (χ4n) is 2.74. The minimum absolute atomic E-state index is 0.0222. The largest absolute Gasteiger partial charge is 0.359 e. The predicted molar refractivity (Wildman–Crippen MR) is 83.2 cm³/mol. The van der Waals surface area contributed by atoms with Crippen LogP contribution < -0.4 is 0 Å². The van der Waals surface area contributed by atoms with Crippen molar-refractivity contribution in [2.45, 2.75) is 37.1 Å². The van der Waals surface area contributed by atoms with Crippen LogP contribution in [0, 0.1) is 5.82 Å². The van der Waals surface area contributed by atoms with Gasteiger partial charge >= 0.3 is 0 Å². The topological polar surface area (TPSA) is 63.4 Å². The number of rotatable bonds is 4. The summed E-state index contributed by atoms with van der Waals surface area (Å²) in [5, 5.41) is 3.71. The molecule has 3 rings (SSSR count). The predicted octanol–water partition coefficient (Wildman–Crippen LogP) is 3.56. The molecular weight excluding hydrogens is 343 g/mol. The van der Waals surface area contributed by atoms with E-state index in [4.69, 9.17) is 16.1 Å². The van der Waals surface area contributed by atoms with Crippen LogP contribution in [0.1, 0.15) is 37.3 Å². The van der Waals surface area contributed by atoms with Crippen LogP contribution in [-0.2, 0) is 16.4 Å². The summed E-state index contributed by atoms with van der Waals surface area (Å²) >= 11 is 5.72. The highest BCUT2D eigenvalue weighted by molar-refractivity contribution is 7.89. The Balaban J connectivity index is 1.96. The molecule has 0 saturated carbocycles. The molecule has 0 bridgehead atoms. The van der Waals surface area contributed by atoms with Crippen molar-refractivity contribution >= 4 is 21.6 Å². The molecule has 0 spiro atoms. The second kappa shape index (κ2) is 6.22. The number of aromatic nitrogens is 1. The maximum absolute atomic E-state index is 13.3. The molecule has 0 N–H and O–H groups in total. The molecule has 1 aliphatic rings. The van der Waals surface area contributed by atoms with Crippen molar-refractivity contribution in [1.29, 1.82) is 0 Å². The standard InChI is InChI=1S/C15H16ClFN2O3S/c1-2-10-8-15(22-18-10)14-4-3-7-19(14)23(20,21)11-5-6-13(17)12(16)9-11/h5-6,8-9,14H,2-4,7H2,1H3/t14-/m1/s1. The average Bonchev–Trinajstić information content (AvgIpc) is 3.17. The van der Waals surface area contributed by atoms with Gasteiger partial charge in [0.2, 0.25) is 10.0 Å². The van der Waals surface area contributed by atoms with Gasteiger partial charge in [0, 0.05) is 12.6 Å². The van der Waals surface area contributed by atoms with E-state index in [1.165, 1.54) is 10.4 Å². The Labute approximate surface area is 139 Å². The van der Waals surface area contributed by atoms with Gasteiger partial charge in [-0.15, -0.1) is 0 Å². The molecular formula is C15H16ClFN2O3S. The van der Waals surface area contributed by atoms with Crippen molar-refractivity contribution in [2.75, 3.05) is 6.54 Å². The number of nitrogens with zero attached hydrogens (tertiary/aromatic N) is 2. The smallest absolute Gasteiger partial charge is 0.243 e. The highest BCUT2D eigenvalue weighted by atomic mass is 35.5. The number of aryl methyl sites for hydroxylation is 1. The second-order valence-electron chi connectivity index (χ2n) is 5.42. The Hall–Kier alpha value is -1.44. The maximum atomic E-state index is 13.3. The SMILES string of the molecule is CCc1cc([C@H]2CCCN2S(=O)(=O)c2ccc(F)c(Cl)c2)on1. The maximum Gasteiger partial charge on any atom is 0.243 e. The molecule has 2 aromatic rings. The molecule has 1 aromatic heterocycles. The Morgan fingerprint density at radius 1 is 1.43 bits per heavy atom. The van der Waals surface area contributed by atoms with E-state index in [1.807, 2.05) is 6.92 Å². The van der Waals surface area contributed by atoms with E-state index >= 15 is 0 Å². The molecule has 1 aromatic carbocycles. The van der Waals surface area contributed by atoms with Crippen molar-refractivity contribution < 1.29 is 17.3 Å². The van der Waals surface area contributed by atoms with Crippen molar-refractivity contribution in [3.63, 3.8) is 0 Å². The Morgan fingerprint density at radius 3 is 2.87 bits per heavy atom. The lowest BCUT2D eigenvalue weighted by Gasteiger charge is -2.22. The zero-order valence-corrected chi connectivity index (χ0v) is 14.1. The Morgan fingerprint density at radius 2 is 2.22 bits per heavy atom. The lowest BCUT2D eigenvalue weighted by molar-refractivity contribution is 0.296. The van der Waals surface area contributed by atoms with Crippen LogP contribution in [0.3, 0.4) is 0 Å². The molecule has 1 atom stereocenters. The van der Waals surface area contributed by atoms with Crippen molar-refractivity contribution in [1.82, 2.24) is 9.46 Å². The number of sulfonamides is 1. The van der Waals surface area contributed by atoms with Gasteiger partial charge in [-0.2, -0.15) is 4.31 Å². The molecule has 5 nitrogen and oxygen atoms in total. The van der Waals surface area contributed by atoms with Crippen LogP contribution in [-0.4, -0.2) is 24.4 Å². The van der Waals surface area contributed by atoms with Crippen LogP contribution in [0.15, 0.2) is 33.7 Å². The van der Waals surface area contributed by atoms with E-state index in [2.05, 4.69) is 5.16 Å². The van der Waals surface area contributed by atoms with Crippen molar-refractivity contribution in [3.8, 4) is 0 Å². The summed E-state index contributed by atoms with van der Waals surface area (Å²) < 4.78 is 45.6. The molecule has 124 valence electrons. The third-order valence-electron chi connectivity index (χ3n) is 3.97. The van der Waals surface area contributed by atoms with E-state index in [0.29, 0.717) is 18.7 Å². The minimum Gasteiger partial charge on any atom is -0.359 e. The number of hydrogen-bond donors (Lipinski definition) is 0.